The van der Waals surface area contributed by atoms with E-state index in [0.717, 1.165) is 0 Å². The van der Waals surface area contributed by atoms with Gasteiger partial charge in [-0.2, -0.15) is 23.5 Å². The van der Waals surface area contributed by atoms with Crippen LogP contribution in [0.3, 0.4) is 0 Å². The number of ether oxygens (including phenoxy) is 1. The van der Waals surface area contributed by atoms with Crippen LogP contribution in [-0.4, -0.2) is 40.9 Å². The van der Waals surface area contributed by atoms with Crippen molar-refractivity contribution in [1.82, 2.24) is 9.78 Å². The number of aromatic nitrogens is 2. The smallest absolute Gasteiger partial charge is 0.394 e. The van der Waals surface area contributed by atoms with Crippen LogP contribution in [0.25, 0.3) is 0 Å². The highest BCUT2D eigenvalue weighted by Crippen LogP contribution is 2.59. The van der Waals surface area contributed by atoms with Crippen molar-refractivity contribution in [2.24, 2.45) is 5.41 Å². The Labute approximate surface area is 216 Å². The lowest BCUT2D eigenvalue weighted by Crippen LogP contribution is -2.47. The van der Waals surface area contributed by atoms with Crippen LogP contribution in [0.15, 0.2) is 48.7 Å². The van der Waals surface area contributed by atoms with E-state index in [-0.39, 0.29) is 47.8 Å². The number of nitrogens with one attached hydrogen (secondary N) is 1. The maximum absolute atomic E-state index is 13.6. The lowest BCUT2D eigenvalue weighted by Gasteiger charge is -2.34. The lowest BCUT2D eigenvalue weighted by molar-refractivity contribution is -0.186. The second-order valence-electron chi connectivity index (χ2n) is 9.72. The van der Waals surface area contributed by atoms with Gasteiger partial charge in [0.1, 0.15) is 17.5 Å². The Hall–Kier alpha value is -4.33. The first-order valence-corrected chi connectivity index (χ1v) is 12.0. The fourth-order valence-electron chi connectivity index (χ4n) is 4.87. The predicted octanol–water partition coefficient (Wildman–Crippen LogP) is 4.95. The molecule has 2 heterocycles. The molecule has 196 valence electrons. The number of methoxy groups -OCH3 is 1. The van der Waals surface area contributed by atoms with Crippen LogP contribution in [0.2, 0.25) is 0 Å². The molecule has 1 saturated carbocycles. The van der Waals surface area contributed by atoms with Gasteiger partial charge in [-0.05, 0) is 62.1 Å². The molecule has 5 rings (SSSR count). The summed E-state index contributed by atoms with van der Waals surface area (Å²) in [4.78, 5) is 28.0. The van der Waals surface area contributed by atoms with Gasteiger partial charge >= 0.3 is 6.18 Å². The Morgan fingerprint density at radius 2 is 1.95 bits per heavy atom. The molecule has 0 spiro atoms. The average molecular weight is 524 g/mol. The van der Waals surface area contributed by atoms with Crippen LogP contribution in [0, 0.1) is 16.7 Å². The highest BCUT2D eigenvalue weighted by molar-refractivity contribution is 6.13. The van der Waals surface area contributed by atoms with Gasteiger partial charge in [0.2, 0.25) is 0 Å². The number of carbonyl (C=O) groups is 2. The van der Waals surface area contributed by atoms with Gasteiger partial charge < -0.3 is 15.0 Å². The minimum atomic E-state index is -4.23. The number of hydrogen-bond acceptors (Lipinski definition) is 5. The Balaban J connectivity index is 1.36. The largest absolute Gasteiger partial charge is 0.495 e. The lowest BCUT2D eigenvalue weighted by atomic mass is 9.95. The number of rotatable bonds is 6. The highest BCUT2D eigenvalue weighted by atomic mass is 19.4. The van der Waals surface area contributed by atoms with E-state index in [9.17, 15) is 28.0 Å². The molecule has 1 aliphatic carbocycles. The summed E-state index contributed by atoms with van der Waals surface area (Å²) in [5.41, 5.74) is 0.266. The number of hydrogen-bond donors (Lipinski definition) is 1. The van der Waals surface area contributed by atoms with Crippen molar-refractivity contribution in [3.8, 4) is 11.8 Å². The first-order chi connectivity index (χ1) is 18.1. The summed E-state index contributed by atoms with van der Waals surface area (Å²) < 4.78 is 46.7. The normalized spacial score (nSPS) is 17.9. The van der Waals surface area contributed by atoms with E-state index in [1.165, 1.54) is 36.2 Å². The Bertz CT molecular complexity index is 1450. The van der Waals surface area contributed by atoms with Crippen molar-refractivity contribution in [1.29, 1.82) is 5.26 Å². The summed E-state index contributed by atoms with van der Waals surface area (Å²) >= 11 is 0. The number of halogens is 3. The van der Waals surface area contributed by atoms with Gasteiger partial charge in [0.25, 0.3) is 11.8 Å². The Morgan fingerprint density at radius 3 is 2.55 bits per heavy atom. The molecule has 0 radical (unpaired) electrons. The molecule has 0 bridgehead atoms. The third kappa shape index (κ3) is 4.36. The van der Waals surface area contributed by atoms with Gasteiger partial charge in [0.05, 0.1) is 42.6 Å². The first-order valence-electron chi connectivity index (χ1n) is 12.0. The molecule has 2 amide bonds. The van der Waals surface area contributed by atoms with Crippen molar-refractivity contribution in [3.63, 3.8) is 0 Å². The minimum Gasteiger partial charge on any atom is -0.495 e. The number of alkyl halides is 3. The topological polar surface area (TPSA) is 100 Å². The van der Waals surface area contributed by atoms with E-state index >= 15 is 0 Å². The van der Waals surface area contributed by atoms with Gasteiger partial charge in [-0.25, -0.2) is 0 Å². The molecular formula is C27H24F3N5O3. The molecule has 1 fully saturated rings. The molecule has 8 nitrogen and oxygen atoms in total. The zero-order chi connectivity index (χ0) is 27.2. The maximum Gasteiger partial charge on any atom is 0.394 e. The number of amides is 2. The minimum absolute atomic E-state index is 0.0812. The van der Waals surface area contributed by atoms with Crippen LogP contribution in [-0.2, 0) is 13.0 Å². The van der Waals surface area contributed by atoms with Gasteiger partial charge in [-0.15, -0.1) is 0 Å². The summed E-state index contributed by atoms with van der Waals surface area (Å²) in [6.07, 6.45) is -2.66. The van der Waals surface area contributed by atoms with E-state index in [0.29, 0.717) is 23.5 Å². The van der Waals surface area contributed by atoms with Crippen LogP contribution < -0.4 is 15.0 Å². The number of nitriles is 1. The van der Waals surface area contributed by atoms with Crippen LogP contribution in [0.1, 0.15) is 51.7 Å². The predicted molar refractivity (Wildman–Crippen MR) is 132 cm³/mol. The SMILES string of the molecule is COc1ccc(C(=O)Nc2cnn3c2C(=O)N(c2ccc(CC4(C(F)(F)F)CC4)cc2)C(C)C3)cc1C#N. The molecular weight excluding hydrogens is 499 g/mol. The van der Waals surface area contributed by atoms with Crippen LogP contribution in [0.5, 0.6) is 5.75 Å². The first kappa shape index (κ1) is 25.3. The van der Waals surface area contributed by atoms with Gasteiger partial charge in [0, 0.05) is 11.3 Å². The second kappa shape index (κ2) is 9.20. The van der Waals surface area contributed by atoms with E-state index < -0.39 is 23.4 Å². The number of fused-ring (bicyclic) bond motifs is 1. The number of nitrogens with zero attached hydrogens (tertiary/aromatic N) is 4. The molecule has 1 unspecified atom stereocenters. The summed E-state index contributed by atoms with van der Waals surface area (Å²) in [5.74, 6) is -0.588. The van der Waals surface area contributed by atoms with E-state index in [2.05, 4.69) is 10.4 Å². The molecule has 1 N–H and O–H groups in total. The number of carbonyl (C=O) groups excluding carboxylic acids is 2. The van der Waals surface area contributed by atoms with Crippen molar-refractivity contribution in [2.75, 3.05) is 17.3 Å². The van der Waals surface area contributed by atoms with Crippen molar-refractivity contribution < 1.29 is 27.5 Å². The maximum atomic E-state index is 13.6. The molecule has 1 aromatic heterocycles. The van der Waals surface area contributed by atoms with Crippen LogP contribution >= 0.6 is 0 Å². The third-order valence-electron chi connectivity index (χ3n) is 7.18. The van der Waals surface area contributed by atoms with E-state index in [1.54, 1.807) is 29.2 Å². The highest BCUT2D eigenvalue weighted by Gasteiger charge is 2.62. The Kier molecular flexibility index (Phi) is 6.13. The Morgan fingerprint density at radius 1 is 1.24 bits per heavy atom. The number of benzene rings is 2. The molecule has 0 saturated heterocycles. The van der Waals surface area contributed by atoms with Crippen molar-refractivity contribution in [3.05, 3.63) is 71.0 Å². The van der Waals surface area contributed by atoms with E-state index in [1.807, 2.05) is 13.0 Å². The van der Waals surface area contributed by atoms with Gasteiger partial charge in [0.15, 0.2) is 0 Å². The molecule has 38 heavy (non-hydrogen) atoms. The third-order valence-corrected chi connectivity index (χ3v) is 7.18. The van der Waals surface area contributed by atoms with Gasteiger partial charge in [-0.3, -0.25) is 14.3 Å². The summed E-state index contributed by atoms with van der Waals surface area (Å²) in [7, 11) is 1.42. The zero-order valence-corrected chi connectivity index (χ0v) is 20.7. The number of anilines is 2. The molecule has 1 aliphatic heterocycles. The molecule has 1 atom stereocenters. The quantitative estimate of drug-likeness (QED) is 0.493. The fourth-order valence-corrected chi connectivity index (χ4v) is 4.87. The monoisotopic (exact) mass is 523 g/mol. The summed E-state index contributed by atoms with van der Waals surface area (Å²) in [6.45, 7) is 2.20. The average Bonchev–Trinajstić information content (AvgIpc) is 3.58. The van der Waals surface area contributed by atoms with Crippen LogP contribution in [0.4, 0.5) is 24.5 Å². The molecule has 2 aliphatic rings. The standard InChI is InChI=1S/C27H24F3N5O3/c1-16-15-34-23(21(14-32-34)33-24(36)18-5-8-22(38-2)19(11-18)13-31)25(37)35(16)20-6-3-17(4-7-20)12-26(9-10-26)27(28,29)30/h3-8,11,14,16H,9-10,12,15H2,1-2H3,(H,33,36). The summed E-state index contributed by atoms with van der Waals surface area (Å²) in [6, 6.07) is 12.7. The zero-order valence-electron chi connectivity index (χ0n) is 20.7. The summed E-state index contributed by atoms with van der Waals surface area (Å²) in [5, 5.41) is 16.3. The molecule has 3 aromatic rings. The second-order valence-corrected chi connectivity index (χ2v) is 9.72. The fraction of sp³-hybridized carbons (Fsp3) is 0.333. The van der Waals surface area contributed by atoms with Crippen molar-refractivity contribution >= 4 is 23.2 Å². The van der Waals surface area contributed by atoms with E-state index in [4.69, 9.17) is 4.74 Å². The molecule has 11 heteroatoms. The van der Waals surface area contributed by atoms with Crippen molar-refractivity contribution in [2.45, 2.75) is 44.9 Å². The molecule has 2 aromatic carbocycles. The van der Waals surface area contributed by atoms with Gasteiger partial charge in [-0.1, -0.05) is 12.1 Å².